The predicted octanol–water partition coefficient (Wildman–Crippen LogP) is 3.30. The van der Waals surface area contributed by atoms with Crippen LogP contribution in [0.1, 0.15) is 16.2 Å². The maximum absolute atomic E-state index is 14.2. The molecule has 0 spiro atoms. The Kier molecular flexibility index (Phi) is 5.84. The highest BCUT2D eigenvalue weighted by Crippen LogP contribution is 2.21. The largest absolute Gasteiger partial charge is 0.319 e. The van der Waals surface area contributed by atoms with Crippen LogP contribution in [0.3, 0.4) is 0 Å². The SMILES string of the molecule is Cc1nnnn1-c1ccc(F)c(NC(=O)c2ccc(NS(=O)(=O)c3ccc(F)cc3)cc2)c1. The first-order valence-electron chi connectivity index (χ1n) is 9.48. The lowest BCUT2D eigenvalue weighted by Gasteiger charge is -2.11. The van der Waals surface area contributed by atoms with Crippen LogP contribution in [0, 0.1) is 18.6 Å². The fraction of sp³-hybridized carbons (Fsp3) is 0.0476. The Hall–Kier alpha value is -4.19. The van der Waals surface area contributed by atoms with Gasteiger partial charge < -0.3 is 5.32 Å². The average Bonchev–Trinajstić information content (AvgIpc) is 3.21. The van der Waals surface area contributed by atoms with Crippen molar-refractivity contribution >= 4 is 27.3 Å². The second-order valence-corrected chi connectivity index (χ2v) is 8.58. The summed E-state index contributed by atoms with van der Waals surface area (Å²) in [4.78, 5) is 12.5. The molecule has 9 nitrogen and oxygen atoms in total. The number of sulfonamides is 1. The third-order valence-corrected chi connectivity index (χ3v) is 5.99. The summed E-state index contributed by atoms with van der Waals surface area (Å²) in [7, 11) is -3.93. The summed E-state index contributed by atoms with van der Waals surface area (Å²) in [6, 6.07) is 13.9. The van der Waals surface area contributed by atoms with Crippen LogP contribution in [0.25, 0.3) is 5.69 Å². The normalized spacial score (nSPS) is 11.2. The minimum atomic E-state index is -3.93. The van der Waals surface area contributed by atoms with Gasteiger partial charge in [0.05, 0.1) is 16.3 Å². The van der Waals surface area contributed by atoms with Gasteiger partial charge in [0.15, 0.2) is 5.82 Å². The third-order valence-electron chi connectivity index (χ3n) is 4.59. The highest BCUT2D eigenvalue weighted by atomic mass is 32.2. The maximum Gasteiger partial charge on any atom is 0.261 e. The number of aromatic nitrogens is 4. The van der Waals surface area contributed by atoms with Crippen LogP contribution in [0.4, 0.5) is 20.2 Å². The molecule has 168 valence electrons. The second kappa shape index (κ2) is 8.74. The Balaban J connectivity index is 1.49. The molecule has 0 unspecified atom stereocenters. The van der Waals surface area contributed by atoms with Crippen molar-refractivity contribution in [1.82, 2.24) is 20.2 Å². The van der Waals surface area contributed by atoms with E-state index < -0.39 is 27.6 Å². The number of anilines is 2. The van der Waals surface area contributed by atoms with Gasteiger partial charge in [-0.15, -0.1) is 5.10 Å². The molecule has 0 aliphatic carbocycles. The minimum absolute atomic E-state index is 0.0755. The first kappa shape index (κ1) is 22.0. The fourth-order valence-corrected chi connectivity index (χ4v) is 3.98. The average molecular weight is 470 g/mol. The van der Waals surface area contributed by atoms with Gasteiger partial charge in [0, 0.05) is 11.3 Å². The molecule has 0 aliphatic rings. The zero-order chi connectivity index (χ0) is 23.6. The number of amides is 1. The number of rotatable bonds is 6. The van der Waals surface area contributed by atoms with Crippen molar-refractivity contribution in [3.63, 3.8) is 0 Å². The number of aryl methyl sites for hydroxylation is 1. The standard InChI is InChI=1S/C21H16F2N6O3S/c1-13-25-27-28-29(13)17-8-11-19(23)20(12-17)24-21(30)14-2-6-16(7-3-14)26-33(31,32)18-9-4-15(22)5-10-18/h2-12,26H,1H3,(H,24,30). The van der Waals surface area contributed by atoms with E-state index in [2.05, 4.69) is 25.6 Å². The van der Waals surface area contributed by atoms with Crippen LogP contribution in [0.2, 0.25) is 0 Å². The molecule has 0 bridgehead atoms. The number of tetrazole rings is 1. The van der Waals surface area contributed by atoms with Gasteiger partial charge in [-0.3, -0.25) is 9.52 Å². The molecule has 0 atom stereocenters. The van der Waals surface area contributed by atoms with Gasteiger partial charge in [0.25, 0.3) is 15.9 Å². The first-order valence-corrected chi connectivity index (χ1v) is 11.0. The molecule has 1 amide bonds. The molecule has 0 radical (unpaired) electrons. The molecule has 4 rings (SSSR count). The van der Waals surface area contributed by atoms with Gasteiger partial charge >= 0.3 is 0 Å². The minimum Gasteiger partial charge on any atom is -0.319 e. The summed E-state index contributed by atoms with van der Waals surface area (Å²) in [5.74, 6) is -1.33. The number of nitrogens with zero attached hydrogens (tertiary/aromatic N) is 4. The van der Waals surface area contributed by atoms with E-state index in [4.69, 9.17) is 0 Å². The molecule has 4 aromatic rings. The predicted molar refractivity (Wildman–Crippen MR) is 115 cm³/mol. The van der Waals surface area contributed by atoms with Gasteiger partial charge in [-0.25, -0.2) is 17.2 Å². The number of carbonyl (C=O) groups excluding carboxylic acids is 1. The second-order valence-electron chi connectivity index (χ2n) is 6.89. The lowest BCUT2D eigenvalue weighted by atomic mass is 10.2. The lowest BCUT2D eigenvalue weighted by Crippen LogP contribution is -2.15. The molecule has 1 heterocycles. The Bertz CT molecular complexity index is 1420. The van der Waals surface area contributed by atoms with E-state index in [-0.39, 0.29) is 21.8 Å². The number of carbonyl (C=O) groups is 1. The number of hydrogen-bond donors (Lipinski definition) is 2. The van der Waals surface area contributed by atoms with E-state index in [0.717, 1.165) is 24.3 Å². The smallest absolute Gasteiger partial charge is 0.261 e. The monoisotopic (exact) mass is 470 g/mol. The highest BCUT2D eigenvalue weighted by Gasteiger charge is 2.16. The summed E-state index contributed by atoms with van der Waals surface area (Å²) in [6.07, 6.45) is 0. The van der Waals surface area contributed by atoms with E-state index in [1.165, 1.54) is 47.1 Å². The van der Waals surface area contributed by atoms with Gasteiger partial charge in [0.2, 0.25) is 0 Å². The van der Waals surface area contributed by atoms with E-state index in [1.807, 2.05) is 0 Å². The van der Waals surface area contributed by atoms with Crippen molar-refractivity contribution in [3.8, 4) is 5.69 Å². The molecule has 2 N–H and O–H groups in total. The van der Waals surface area contributed by atoms with E-state index in [9.17, 15) is 22.0 Å². The zero-order valence-corrected chi connectivity index (χ0v) is 17.8. The third kappa shape index (κ3) is 4.85. The molecular weight excluding hydrogens is 454 g/mol. The topological polar surface area (TPSA) is 119 Å². The van der Waals surface area contributed by atoms with Crippen LogP contribution < -0.4 is 10.0 Å². The van der Waals surface area contributed by atoms with Crippen LogP contribution in [-0.2, 0) is 10.0 Å². The van der Waals surface area contributed by atoms with E-state index in [1.54, 1.807) is 6.92 Å². The molecule has 0 aliphatic heterocycles. The number of nitrogens with one attached hydrogen (secondary N) is 2. The molecular formula is C21H16F2N6O3S. The summed E-state index contributed by atoms with van der Waals surface area (Å²) in [5, 5.41) is 13.6. The van der Waals surface area contributed by atoms with Gasteiger partial charge in [-0.2, -0.15) is 4.68 Å². The van der Waals surface area contributed by atoms with Gasteiger partial charge in [-0.1, -0.05) is 0 Å². The van der Waals surface area contributed by atoms with Crippen molar-refractivity contribution in [2.24, 2.45) is 0 Å². The summed E-state index contributed by atoms with van der Waals surface area (Å²) in [5.41, 5.74) is 0.745. The zero-order valence-electron chi connectivity index (χ0n) is 17.0. The molecule has 0 saturated heterocycles. The Morgan fingerprint density at radius 1 is 0.970 bits per heavy atom. The van der Waals surface area contributed by atoms with Crippen molar-refractivity contribution < 1.29 is 22.0 Å². The molecule has 33 heavy (non-hydrogen) atoms. The van der Waals surface area contributed by atoms with Gasteiger partial charge in [-0.05, 0) is 84.1 Å². The van der Waals surface area contributed by atoms with Crippen molar-refractivity contribution in [2.45, 2.75) is 11.8 Å². The van der Waals surface area contributed by atoms with Crippen molar-refractivity contribution in [3.05, 3.63) is 89.8 Å². The molecule has 12 heteroatoms. The molecule has 3 aromatic carbocycles. The van der Waals surface area contributed by atoms with Crippen LogP contribution in [-0.4, -0.2) is 34.5 Å². The van der Waals surface area contributed by atoms with E-state index >= 15 is 0 Å². The number of hydrogen-bond acceptors (Lipinski definition) is 6. The van der Waals surface area contributed by atoms with Crippen LogP contribution in [0.5, 0.6) is 0 Å². The lowest BCUT2D eigenvalue weighted by molar-refractivity contribution is 0.102. The number of halogens is 2. The Labute approximate surface area is 187 Å². The van der Waals surface area contributed by atoms with E-state index in [0.29, 0.717) is 11.5 Å². The molecule has 0 saturated carbocycles. The Morgan fingerprint density at radius 2 is 1.67 bits per heavy atom. The maximum atomic E-state index is 14.2. The summed E-state index contributed by atoms with van der Waals surface area (Å²) < 4.78 is 55.8. The van der Waals surface area contributed by atoms with Crippen LogP contribution >= 0.6 is 0 Å². The molecule has 0 fully saturated rings. The van der Waals surface area contributed by atoms with Gasteiger partial charge in [0.1, 0.15) is 11.6 Å². The summed E-state index contributed by atoms with van der Waals surface area (Å²) in [6.45, 7) is 1.67. The quantitative estimate of drug-likeness (QED) is 0.446. The van der Waals surface area contributed by atoms with Crippen LogP contribution in [0.15, 0.2) is 71.6 Å². The fourth-order valence-electron chi connectivity index (χ4n) is 2.92. The summed E-state index contributed by atoms with van der Waals surface area (Å²) >= 11 is 0. The van der Waals surface area contributed by atoms with Crippen molar-refractivity contribution in [1.29, 1.82) is 0 Å². The Morgan fingerprint density at radius 3 is 2.30 bits per heavy atom. The highest BCUT2D eigenvalue weighted by molar-refractivity contribution is 7.92. The molecule has 1 aromatic heterocycles. The first-order chi connectivity index (χ1) is 15.7. The van der Waals surface area contributed by atoms with Crippen molar-refractivity contribution in [2.75, 3.05) is 10.0 Å². The number of benzene rings is 3.